The molecular formula is C18H25NO. The highest BCUT2D eigenvalue weighted by atomic mass is 16.3. The highest BCUT2D eigenvalue weighted by Crippen LogP contribution is 2.28. The van der Waals surface area contributed by atoms with Crippen molar-refractivity contribution < 1.29 is 5.11 Å². The van der Waals surface area contributed by atoms with Crippen molar-refractivity contribution >= 4 is 6.08 Å². The van der Waals surface area contributed by atoms with Crippen molar-refractivity contribution in [1.82, 2.24) is 4.90 Å². The largest absolute Gasteiger partial charge is 0.392 e. The Bertz CT molecular complexity index is 447. The van der Waals surface area contributed by atoms with Gasteiger partial charge in [-0.2, -0.15) is 0 Å². The van der Waals surface area contributed by atoms with Crippen LogP contribution < -0.4 is 0 Å². The van der Waals surface area contributed by atoms with Gasteiger partial charge in [0.2, 0.25) is 0 Å². The Kier molecular flexibility index (Phi) is 4.54. The average molecular weight is 271 g/mol. The monoisotopic (exact) mass is 271 g/mol. The molecule has 1 heterocycles. The number of likely N-dealkylation sites (tertiary alicyclic amines) is 1. The molecule has 1 saturated carbocycles. The van der Waals surface area contributed by atoms with Gasteiger partial charge < -0.3 is 5.11 Å². The molecule has 20 heavy (non-hydrogen) atoms. The Balaban J connectivity index is 1.57. The van der Waals surface area contributed by atoms with Crippen LogP contribution in [0.1, 0.15) is 49.7 Å². The normalized spacial score (nSPS) is 21.4. The summed E-state index contributed by atoms with van der Waals surface area (Å²) in [4.78, 5) is 2.71. The zero-order chi connectivity index (χ0) is 13.8. The number of aliphatic hydroxyl groups is 1. The van der Waals surface area contributed by atoms with Gasteiger partial charge in [-0.3, -0.25) is 4.90 Å². The van der Waals surface area contributed by atoms with Gasteiger partial charge >= 0.3 is 0 Å². The van der Waals surface area contributed by atoms with Crippen molar-refractivity contribution in [1.29, 1.82) is 0 Å². The molecule has 1 aromatic carbocycles. The Morgan fingerprint density at radius 3 is 2.30 bits per heavy atom. The van der Waals surface area contributed by atoms with E-state index in [2.05, 4.69) is 23.1 Å². The SMILES string of the molecule is OCc1ccc(C=C2CCN(C3CCCC3)CC2)cc1. The van der Waals surface area contributed by atoms with Gasteiger partial charge in [-0.25, -0.2) is 0 Å². The topological polar surface area (TPSA) is 23.5 Å². The van der Waals surface area contributed by atoms with Crippen LogP contribution >= 0.6 is 0 Å². The fraction of sp³-hybridized carbons (Fsp3) is 0.556. The summed E-state index contributed by atoms with van der Waals surface area (Å²) in [5.41, 5.74) is 3.84. The second kappa shape index (κ2) is 6.55. The molecule has 0 bridgehead atoms. The molecule has 1 N–H and O–H groups in total. The van der Waals surface area contributed by atoms with Gasteiger partial charge in [-0.05, 0) is 36.8 Å². The zero-order valence-corrected chi connectivity index (χ0v) is 12.2. The molecule has 3 rings (SSSR count). The molecule has 1 saturated heterocycles. The maximum Gasteiger partial charge on any atom is 0.0681 e. The number of aliphatic hydroxyl groups excluding tert-OH is 1. The summed E-state index contributed by atoms with van der Waals surface area (Å²) in [6.07, 6.45) is 10.5. The van der Waals surface area contributed by atoms with Crippen LogP contribution in [0.25, 0.3) is 6.08 Å². The molecule has 1 aliphatic carbocycles. The van der Waals surface area contributed by atoms with Crippen molar-refractivity contribution in [3.63, 3.8) is 0 Å². The van der Waals surface area contributed by atoms with Crippen molar-refractivity contribution in [3.05, 3.63) is 41.0 Å². The van der Waals surface area contributed by atoms with E-state index in [0.717, 1.165) is 11.6 Å². The molecule has 0 spiro atoms. The first-order valence-electron chi connectivity index (χ1n) is 7.98. The lowest BCUT2D eigenvalue weighted by Crippen LogP contribution is -2.38. The van der Waals surface area contributed by atoms with Crippen LogP contribution in [0, 0.1) is 0 Å². The molecule has 0 radical (unpaired) electrons. The summed E-state index contributed by atoms with van der Waals surface area (Å²) in [6, 6.07) is 9.13. The van der Waals surface area contributed by atoms with Crippen LogP contribution in [0.3, 0.4) is 0 Å². The summed E-state index contributed by atoms with van der Waals surface area (Å²) in [6.45, 7) is 2.61. The smallest absolute Gasteiger partial charge is 0.0681 e. The van der Waals surface area contributed by atoms with Gasteiger partial charge in [0.1, 0.15) is 0 Å². The molecule has 0 aromatic heterocycles. The Labute approximate surface area is 122 Å². The standard InChI is InChI=1S/C18H25NO/c20-14-17-7-5-15(6-8-17)13-16-9-11-19(12-10-16)18-3-1-2-4-18/h5-8,13,18,20H,1-4,9-12,14H2. The van der Waals surface area contributed by atoms with E-state index in [9.17, 15) is 0 Å². The zero-order valence-electron chi connectivity index (χ0n) is 12.2. The van der Waals surface area contributed by atoms with E-state index in [1.807, 2.05) is 12.1 Å². The minimum Gasteiger partial charge on any atom is -0.392 e. The van der Waals surface area contributed by atoms with Gasteiger partial charge in [-0.15, -0.1) is 0 Å². The number of hydrogen-bond donors (Lipinski definition) is 1. The third kappa shape index (κ3) is 3.31. The molecule has 2 aliphatic rings. The predicted molar refractivity (Wildman–Crippen MR) is 83.4 cm³/mol. The van der Waals surface area contributed by atoms with E-state index in [0.29, 0.717) is 0 Å². The Hall–Kier alpha value is -1.12. The summed E-state index contributed by atoms with van der Waals surface area (Å²) >= 11 is 0. The molecule has 0 unspecified atom stereocenters. The molecule has 1 aromatic rings. The molecule has 108 valence electrons. The first-order valence-corrected chi connectivity index (χ1v) is 7.98. The molecule has 1 aliphatic heterocycles. The Morgan fingerprint density at radius 1 is 1.05 bits per heavy atom. The van der Waals surface area contributed by atoms with Crippen molar-refractivity contribution in [2.75, 3.05) is 13.1 Å². The number of nitrogens with zero attached hydrogens (tertiary/aromatic N) is 1. The third-order valence-corrected chi connectivity index (χ3v) is 4.81. The molecule has 2 heteroatoms. The summed E-state index contributed by atoms with van der Waals surface area (Å²) in [7, 11) is 0. The molecule has 2 fully saturated rings. The number of benzene rings is 1. The van der Waals surface area contributed by atoms with Gasteiger partial charge in [0.25, 0.3) is 0 Å². The second-order valence-corrected chi connectivity index (χ2v) is 6.18. The maximum absolute atomic E-state index is 9.06. The first kappa shape index (κ1) is 13.8. The minimum atomic E-state index is 0.132. The first-order chi connectivity index (χ1) is 9.85. The van der Waals surface area contributed by atoms with Crippen LogP contribution in [0.4, 0.5) is 0 Å². The van der Waals surface area contributed by atoms with Crippen LogP contribution in [-0.2, 0) is 6.61 Å². The average Bonchev–Trinajstić information content (AvgIpc) is 3.03. The van der Waals surface area contributed by atoms with Gasteiger partial charge in [0, 0.05) is 19.1 Å². The van der Waals surface area contributed by atoms with E-state index in [4.69, 9.17) is 5.11 Å². The third-order valence-electron chi connectivity index (χ3n) is 4.81. The molecule has 0 amide bonds. The number of piperidine rings is 1. The second-order valence-electron chi connectivity index (χ2n) is 6.18. The summed E-state index contributed by atoms with van der Waals surface area (Å²) in [5.74, 6) is 0. The molecule has 2 nitrogen and oxygen atoms in total. The number of rotatable bonds is 3. The lowest BCUT2D eigenvalue weighted by molar-refractivity contribution is 0.186. The fourth-order valence-electron chi connectivity index (χ4n) is 3.55. The van der Waals surface area contributed by atoms with E-state index in [1.54, 1.807) is 5.57 Å². The Morgan fingerprint density at radius 2 is 1.70 bits per heavy atom. The lowest BCUT2D eigenvalue weighted by Gasteiger charge is -2.33. The van der Waals surface area contributed by atoms with E-state index < -0.39 is 0 Å². The minimum absolute atomic E-state index is 0.132. The predicted octanol–water partition coefficient (Wildman–Crippen LogP) is 3.60. The fourth-order valence-corrected chi connectivity index (χ4v) is 3.55. The van der Waals surface area contributed by atoms with Crippen molar-refractivity contribution in [2.45, 2.75) is 51.2 Å². The molecule has 0 atom stereocenters. The van der Waals surface area contributed by atoms with E-state index in [1.165, 1.54) is 57.2 Å². The van der Waals surface area contributed by atoms with Crippen LogP contribution in [-0.4, -0.2) is 29.1 Å². The van der Waals surface area contributed by atoms with Crippen molar-refractivity contribution in [3.8, 4) is 0 Å². The van der Waals surface area contributed by atoms with Crippen LogP contribution in [0.5, 0.6) is 0 Å². The van der Waals surface area contributed by atoms with Crippen LogP contribution in [0.2, 0.25) is 0 Å². The number of hydrogen-bond acceptors (Lipinski definition) is 2. The quantitative estimate of drug-likeness (QED) is 0.908. The van der Waals surface area contributed by atoms with E-state index in [-0.39, 0.29) is 6.61 Å². The van der Waals surface area contributed by atoms with Gasteiger partial charge in [0.15, 0.2) is 0 Å². The molecular weight excluding hydrogens is 246 g/mol. The van der Waals surface area contributed by atoms with Gasteiger partial charge in [0.05, 0.1) is 6.61 Å². The van der Waals surface area contributed by atoms with Gasteiger partial charge in [-0.1, -0.05) is 48.8 Å². The van der Waals surface area contributed by atoms with Crippen LogP contribution in [0.15, 0.2) is 29.8 Å². The summed E-state index contributed by atoms with van der Waals surface area (Å²) < 4.78 is 0. The summed E-state index contributed by atoms with van der Waals surface area (Å²) in [5, 5.41) is 9.06. The highest BCUT2D eigenvalue weighted by molar-refractivity contribution is 5.53. The maximum atomic E-state index is 9.06. The highest BCUT2D eigenvalue weighted by Gasteiger charge is 2.24. The van der Waals surface area contributed by atoms with Crippen molar-refractivity contribution in [2.24, 2.45) is 0 Å². The van der Waals surface area contributed by atoms with E-state index >= 15 is 0 Å². The lowest BCUT2D eigenvalue weighted by atomic mass is 9.99.